The Hall–Kier alpha value is -3.96. The molecule has 1 atom stereocenters. The number of hydrogen-bond acceptors (Lipinski definition) is 3. The molecule has 200 valence electrons. The lowest BCUT2D eigenvalue weighted by Crippen LogP contribution is -2.15. The van der Waals surface area contributed by atoms with Crippen molar-refractivity contribution in [2.24, 2.45) is 5.41 Å². The molecular formula is C35H35N5. The van der Waals surface area contributed by atoms with Crippen LogP contribution in [0.1, 0.15) is 61.5 Å². The van der Waals surface area contributed by atoms with Gasteiger partial charge >= 0.3 is 0 Å². The number of nitrogens with zero attached hydrogens (tertiary/aromatic N) is 2. The van der Waals surface area contributed by atoms with Crippen LogP contribution in [0.4, 0.5) is 0 Å². The molecular weight excluding hydrogens is 490 g/mol. The van der Waals surface area contributed by atoms with Gasteiger partial charge in [0.2, 0.25) is 0 Å². The minimum Gasteiger partial charge on any atom is -0.345 e. The summed E-state index contributed by atoms with van der Waals surface area (Å²) in [6, 6.07) is 23.2. The number of rotatable bonds is 5. The number of aromatic nitrogens is 4. The lowest BCUT2D eigenvalue weighted by Gasteiger charge is -2.22. The highest BCUT2D eigenvalue weighted by Gasteiger charge is 2.41. The molecule has 0 amide bonds. The summed E-state index contributed by atoms with van der Waals surface area (Å²) in [4.78, 5) is 15.6. The van der Waals surface area contributed by atoms with Crippen LogP contribution in [0.25, 0.3) is 44.8 Å². The van der Waals surface area contributed by atoms with Gasteiger partial charge < -0.3 is 15.3 Å². The van der Waals surface area contributed by atoms with Crippen LogP contribution in [0.15, 0.2) is 79.4 Å². The van der Waals surface area contributed by atoms with Crippen molar-refractivity contribution in [2.75, 3.05) is 6.54 Å². The van der Waals surface area contributed by atoms with E-state index in [2.05, 4.69) is 85.9 Å². The van der Waals surface area contributed by atoms with Gasteiger partial charge in [-0.15, -0.1) is 0 Å². The Labute approximate surface area is 235 Å². The molecule has 1 saturated heterocycles. The second-order valence-corrected chi connectivity index (χ2v) is 12.1. The third kappa shape index (κ3) is 4.11. The topological polar surface area (TPSA) is 69.4 Å². The Kier molecular flexibility index (Phi) is 5.73. The molecule has 3 heterocycles. The normalized spacial score (nSPS) is 19.4. The molecule has 2 aliphatic carbocycles. The van der Waals surface area contributed by atoms with E-state index in [9.17, 15) is 0 Å². The highest BCUT2D eigenvalue weighted by molar-refractivity contribution is 5.80. The van der Waals surface area contributed by atoms with Crippen molar-refractivity contribution in [3.05, 3.63) is 96.3 Å². The van der Waals surface area contributed by atoms with E-state index >= 15 is 0 Å². The van der Waals surface area contributed by atoms with E-state index in [1.54, 1.807) is 17.5 Å². The molecule has 3 aromatic carbocycles. The first-order valence-electron chi connectivity index (χ1n) is 14.9. The Balaban J connectivity index is 1.13. The minimum absolute atomic E-state index is 0.360. The Morgan fingerprint density at radius 3 is 1.88 bits per heavy atom. The third-order valence-electron chi connectivity index (χ3n) is 9.70. The molecule has 1 saturated carbocycles. The van der Waals surface area contributed by atoms with Crippen LogP contribution >= 0.6 is 0 Å². The summed E-state index contributed by atoms with van der Waals surface area (Å²) < 4.78 is 0. The van der Waals surface area contributed by atoms with E-state index in [0.717, 1.165) is 30.2 Å². The molecule has 2 aromatic heterocycles. The molecule has 8 rings (SSSR count). The summed E-state index contributed by atoms with van der Waals surface area (Å²) in [6.45, 7) is 1.08. The maximum absolute atomic E-state index is 4.68. The van der Waals surface area contributed by atoms with Crippen molar-refractivity contribution in [3.8, 4) is 44.8 Å². The SMILES string of the molecule is c1ncc(-c2ccc(-c3ccc(-c4ccc(-c5cnc([C@@H]6CCCN6)[nH]5)cc4)c4c3CC3(CCCC3)C4)cc2)[nH]1. The maximum atomic E-state index is 4.68. The van der Waals surface area contributed by atoms with Gasteiger partial charge in [0.1, 0.15) is 5.82 Å². The minimum atomic E-state index is 0.360. The Morgan fingerprint density at radius 1 is 0.675 bits per heavy atom. The summed E-state index contributed by atoms with van der Waals surface area (Å²) >= 11 is 0. The molecule has 1 spiro atoms. The van der Waals surface area contributed by atoms with Crippen LogP contribution in [-0.2, 0) is 12.8 Å². The smallest absolute Gasteiger partial charge is 0.123 e. The van der Waals surface area contributed by atoms with Crippen molar-refractivity contribution in [1.82, 2.24) is 25.3 Å². The van der Waals surface area contributed by atoms with Gasteiger partial charge in [-0.2, -0.15) is 0 Å². The molecule has 0 radical (unpaired) electrons. The van der Waals surface area contributed by atoms with Crippen LogP contribution in [-0.4, -0.2) is 26.5 Å². The van der Waals surface area contributed by atoms with Crippen LogP contribution in [0.5, 0.6) is 0 Å². The standard InChI is InChI=1S/C35H35N5/c1-2-16-35(15-1)18-29-27(23-5-9-25(10-6-23)32-20-36-22-39-32)13-14-28(30(29)19-35)24-7-11-26(12-8-24)33-21-38-34(40-33)31-4-3-17-37-31/h5-14,20-22,31,37H,1-4,15-19H2,(H,36,39)(H,38,40)/t31-/m0/s1. The summed E-state index contributed by atoms with van der Waals surface area (Å²) in [7, 11) is 0. The number of imidazole rings is 2. The van der Waals surface area contributed by atoms with Crippen LogP contribution < -0.4 is 5.32 Å². The highest BCUT2D eigenvalue weighted by Crippen LogP contribution is 2.53. The largest absolute Gasteiger partial charge is 0.345 e. The van der Waals surface area contributed by atoms with Gasteiger partial charge in [-0.05, 0) is 95.0 Å². The molecule has 0 bridgehead atoms. The monoisotopic (exact) mass is 525 g/mol. The molecule has 5 nitrogen and oxygen atoms in total. The number of benzene rings is 3. The van der Waals surface area contributed by atoms with E-state index in [4.69, 9.17) is 0 Å². The summed E-state index contributed by atoms with van der Waals surface area (Å²) in [5.74, 6) is 1.06. The van der Waals surface area contributed by atoms with Crippen LogP contribution in [0.3, 0.4) is 0 Å². The fraction of sp³-hybridized carbons (Fsp3) is 0.314. The molecule has 5 heteroatoms. The zero-order chi connectivity index (χ0) is 26.5. The zero-order valence-corrected chi connectivity index (χ0v) is 22.8. The fourth-order valence-corrected chi connectivity index (χ4v) is 7.58. The van der Waals surface area contributed by atoms with Gasteiger partial charge in [-0.3, -0.25) is 0 Å². The van der Waals surface area contributed by atoms with Crippen molar-refractivity contribution >= 4 is 0 Å². The van der Waals surface area contributed by atoms with Crippen LogP contribution in [0, 0.1) is 5.41 Å². The van der Waals surface area contributed by atoms with E-state index in [1.165, 1.54) is 78.3 Å². The predicted octanol–water partition coefficient (Wildman–Crippen LogP) is 7.88. The Bertz CT molecular complexity index is 1630. The number of fused-ring (bicyclic) bond motifs is 1. The first-order chi connectivity index (χ1) is 19.7. The van der Waals surface area contributed by atoms with Crippen molar-refractivity contribution in [1.29, 1.82) is 0 Å². The maximum Gasteiger partial charge on any atom is 0.123 e. The second kappa shape index (κ2) is 9.60. The Morgan fingerprint density at radius 2 is 1.30 bits per heavy atom. The van der Waals surface area contributed by atoms with Crippen LogP contribution in [0.2, 0.25) is 0 Å². The molecule has 0 unspecified atom stereocenters. The number of aromatic amines is 2. The van der Waals surface area contributed by atoms with Gasteiger partial charge in [0.25, 0.3) is 0 Å². The molecule has 3 N–H and O–H groups in total. The average Bonchev–Trinajstić information content (AvgIpc) is 3.84. The fourth-order valence-electron chi connectivity index (χ4n) is 7.58. The number of H-pyrrole nitrogens is 2. The summed E-state index contributed by atoms with van der Waals surface area (Å²) in [5.41, 5.74) is 13.5. The first-order valence-corrected chi connectivity index (χ1v) is 14.9. The quantitative estimate of drug-likeness (QED) is 0.219. The third-order valence-corrected chi connectivity index (χ3v) is 9.70. The molecule has 2 fully saturated rings. The van der Waals surface area contributed by atoms with Gasteiger partial charge in [-0.1, -0.05) is 73.5 Å². The molecule has 5 aromatic rings. The summed E-state index contributed by atoms with van der Waals surface area (Å²) in [5, 5.41) is 3.54. The van der Waals surface area contributed by atoms with Gasteiger partial charge in [0.15, 0.2) is 0 Å². The molecule has 1 aliphatic heterocycles. The van der Waals surface area contributed by atoms with Gasteiger partial charge in [-0.25, -0.2) is 9.97 Å². The number of nitrogens with one attached hydrogen (secondary N) is 3. The van der Waals surface area contributed by atoms with Gasteiger partial charge in [0.05, 0.1) is 36.2 Å². The van der Waals surface area contributed by atoms with E-state index in [1.807, 2.05) is 12.4 Å². The highest BCUT2D eigenvalue weighted by atomic mass is 15.0. The lowest BCUT2D eigenvalue weighted by atomic mass is 9.82. The van der Waals surface area contributed by atoms with E-state index < -0.39 is 0 Å². The first kappa shape index (κ1) is 23.9. The second-order valence-electron chi connectivity index (χ2n) is 12.1. The number of hydrogen-bond donors (Lipinski definition) is 3. The lowest BCUT2D eigenvalue weighted by molar-refractivity contribution is 0.318. The predicted molar refractivity (Wildman–Crippen MR) is 161 cm³/mol. The molecule has 3 aliphatic rings. The van der Waals surface area contributed by atoms with E-state index in [-0.39, 0.29) is 0 Å². The summed E-state index contributed by atoms with van der Waals surface area (Å²) in [6.07, 6.45) is 15.8. The molecule has 40 heavy (non-hydrogen) atoms. The van der Waals surface area contributed by atoms with Crippen molar-refractivity contribution < 1.29 is 0 Å². The van der Waals surface area contributed by atoms with Crippen molar-refractivity contribution in [3.63, 3.8) is 0 Å². The van der Waals surface area contributed by atoms with Gasteiger partial charge in [0, 0.05) is 0 Å². The van der Waals surface area contributed by atoms with E-state index in [0.29, 0.717) is 11.5 Å². The average molecular weight is 526 g/mol. The van der Waals surface area contributed by atoms with Crippen molar-refractivity contribution in [2.45, 2.75) is 57.4 Å². The zero-order valence-electron chi connectivity index (χ0n) is 22.8.